The molecule has 6 nitrogen and oxygen atoms in total. The number of nitriles is 1. The van der Waals surface area contributed by atoms with Gasteiger partial charge in [0.2, 0.25) is 0 Å². The van der Waals surface area contributed by atoms with Crippen molar-refractivity contribution in [2.75, 3.05) is 6.61 Å². The molecule has 24 heavy (non-hydrogen) atoms. The van der Waals surface area contributed by atoms with Gasteiger partial charge in [-0.1, -0.05) is 12.1 Å². The van der Waals surface area contributed by atoms with Crippen LogP contribution in [0.3, 0.4) is 0 Å². The Morgan fingerprint density at radius 3 is 2.71 bits per heavy atom. The number of para-hydroxylation sites is 1. The highest BCUT2D eigenvalue weighted by atomic mass is 16.5. The Labute approximate surface area is 138 Å². The van der Waals surface area contributed by atoms with Crippen molar-refractivity contribution >= 4 is 10.9 Å². The maximum atomic E-state index is 12.3. The van der Waals surface area contributed by atoms with E-state index in [9.17, 15) is 9.90 Å². The Morgan fingerprint density at radius 1 is 1.21 bits per heavy atom. The third kappa shape index (κ3) is 3.42. The van der Waals surface area contributed by atoms with Gasteiger partial charge in [-0.25, -0.2) is 4.98 Å². The Bertz CT molecular complexity index is 942. The minimum absolute atomic E-state index is 0.0329. The second kappa shape index (κ2) is 6.94. The van der Waals surface area contributed by atoms with E-state index in [1.165, 1.54) is 10.9 Å². The lowest BCUT2D eigenvalue weighted by Crippen LogP contribution is -2.30. The van der Waals surface area contributed by atoms with Gasteiger partial charge in [0.1, 0.15) is 18.5 Å². The van der Waals surface area contributed by atoms with E-state index in [-0.39, 0.29) is 18.7 Å². The van der Waals surface area contributed by atoms with Crippen LogP contribution in [0.1, 0.15) is 5.56 Å². The van der Waals surface area contributed by atoms with E-state index >= 15 is 0 Å². The lowest BCUT2D eigenvalue weighted by Gasteiger charge is -2.14. The maximum Gasteiger partial charge on any atom is 0.261 e. The van der Waals surface area contributed by atoms with Crippen molar-refractivity contribution in [1.82, 2.24) is 9.55 Å². The molecule has 0 aliphatic heterocycles. The summed E-state index contributed by atoms with van der Waals surface area (Å²) in [6, 6.07) is 15.7. The number of rotatable bonds is 5. The van der Waals surface area contributed by atoms with E-state index in [4.69, 9.17) is 10.00 Å². The van der Waals surface area contributed by atoms with Crippen molar-refractivity contribution in [3.63, 3.8) is 0 Å². The van der Waals surface area contributed by atoms with Crippen LogP contribution in [-0.2, 0) is 6.54 Å². The van der Waals surface area contributed by atoms with Crippen molar-refractivity contribution in [3.05, 3.63) is 70.8 Å². The second-order valence-electron chi connectivity index (χ2n) is 5.32. The zero-order valence-corrected chi connectivity index (χ0v) is 12.8. The van der Waals surface area contributed by atoms with E-state index in [1.807, 2.05) is 12.1 Å². The van der Waals surface area contributed by atoms with Crippen LogP contribution in [0.2, 0.25) is 0 Å². The van der Waals surface area contributed by atoms with Gasteiger partial charge < -0.3 is 9.84 Å². The molecule has 0 unspecified atom stereocenters. The molecule has 0 aliphatic rings. The van der Waals surface area contributed by atoms with Crippen LogP contribution in [0, 0.1) is 11.3 Å². The monoisotopic (exact) mass is 321 g/mol. The number of hydrogen-bond donors (Lipinski definition) is 1. The number of nitrogens with zero attached hydrogens (tertiary/aromatic N) is 3. The number of aromatic nitrogens is 2. The van der Waals surface area contributed by atoms with Gasteiger partial charge in [0.05, 0.1) is 35.4 Å². The zero-order valence-electron chi connectivity index (χ0n) is 12.8. The number of fused-ring (bicyclic) bond motifs is 1. The highest BCUT2D eigenvalue weighted by Gasteiger charge is 2.10. The van der Waals surface area contributed by atoms with Gasteiger partial charge in [0, 0.05) is 0 Å². The molecular formula is C18H15N3O3. The van der Waals surface area contributed by atoms with Gasteiger partial charge in [-0.15, -0.1) is 0 Å². The topological polar surface area (TPSA) is 88.1 Å². The first kappa shape index (κ1) is 15.7. The Kier molecular flexibility index (Phi) is 4.54. The molecular weight excluding hydrogens is 306 g/mol. The molecule has 0 saturated heterocycles. The van der Waals surface area contributed by atoms with Crippen LogP contribution in [0.5, 0.6) is 5.75 Å². The largest absolute Gasteiger partial charge is 0.491 e. The van der Waals surface area contributed by atoms with E-state index in [0.717, 1.165) is 0 Å². The molecule has 0 saturated carbocycles. The number of aliphatic hydroxyl groups excluding tert-OH is 1. The van der Waals surface area contributed by atoms with Crippen LogP contribution in [0.4, 0.5) is 0 Å². The summed E-state index contributed by atoms with van der Waals surface area (Å²) >= 11 is 0. The summed E-state index contributed by atoms with van der Waals surface area (Å²) in [5, 5.41) is 19.4. The quantitative estimate of drug-likeness (QED) is 0.773. The third-order valence-corrected chi connectivity index (χ3v) is 3.56. The fourth-order valence-electron chi connectivity index (χ4n) is 2.33. The summed E-state index contributed by atoms with van der Waals surface area (Å²) in [6.07, 6.45) is 0.566. The van der Waals surface area contributed by atoms with Crippen LogP contribution >= 0.6 is 0 Å². The molecule has 0 radical (unpaired) electrons. The molecule has 0 bridgehead atoms. The molecule has 3 rings (SSSR count). The van der Waals surface area contributed by atoms with E-state index in [2.05, 4.69) is 4.98 Å². The molecule has 3 aromatic rings. The van der Waals surface area contributed by atoms with E-state index in [0.29, 0.717) is 22.2 Å². The molecule has 1 N–H and O–H groups in total. The van der Waals surface area contributed by atoms with Gasteiger partial charge in [-0.05, 0) is 36.4 Å². The van der Waals surface area contributed by atoms with Gasteiger partial charge in [0.15, 0.2) is 0 Å². The molecule has 1 heterocycles. The van der Waals surface area contributed by atoms with Crippen LogP contribution in [0.15, 0.2) is 59.7 Å². The number of ether oxygens (including phenoxy) is 1. The fourth-order valence-corrected chi connectivity index (χ4v) is 2.33. The normalized spacial score (nSPS) is 11.8. The third-order valence-electron chi connectivity index (χ3n) is 3.56. The summed E-state index contributed by atoms with van der Waals surface area (Å²) in [4.78, 5) is 16.6. The van der Waals surface area contributed by atoms with Crippen molar-refractivity contribution in [2.24, 2.45) is 0 Å². The summed E-state index contributed by atoms with van der Waals surface area (Å²) in [5.74, 6) is 0.553. The molecule has 0 fully saturated rings. The fraction of sp³-hybridized carbons (Fsp3) is 0.167. The van der Waals surface area contributed by atoms with E-state index in [1.54, 1.807) is 42.5 Å². The molecule has 2 aromatic carbocycles. The van der Waals surface area contributed by atoms with Gasteiger partial charge in [0.25, 0.3) is 5.56 Å². The standard InChI is InChI=1S/C18H15N3O3/c19-9-13-5-7-15(8-6-13)24-11-14(22)10-21-12-20-17-4-2-1-3-16(17)18(21)23/h1-8,12,14,22H,10-11H2/t14-/m0/s1. The zero-order chi connectivity index (χ0) is 16.9. The van der Waals surface area contributed by atoms with Crippen molar-refractivity contribution in [2.45, 2.75) is 12.6 Å². The van der Waals surface area contributed by atoms with Crippen molar-refractivity contribution in [3.8, 4) is 11.8 Å². The summed E-state index contributed by atoms with van der Waals surface area (Å²) < 4.78 is 6.84. The molecule has 0 amide bonds. The lowest BCUT2D eigenvalue weighted by atomic mass is 10.2. The molecule has 120 valence electrons. The lowest BCUT2D eigenvalue weighted by molar-refractivity contribution is 0.0915. The summed E-state index contributed by atoms with van der Waals surface area (Å²) in [7, 11) is 0. The number of benzene rings is 2. The van der Waals surface area contributed by atoms with Crippen LogP contribution < -0.4 is 10.3 Å². The molecule has 1 aromatic heterocycles. The summed E-state index contributed by atoms with van der Waals surface area (Å²) in [6.45, 7) is 0.123. The molecule has 0 spiro atoms. The predicted octanol–water partition coefficient (Wildman–Crippen LogP) is 1.71. The van der Waals surface area contributed by atoms with Crippen LogP contribution in [0.25, 0.3) is 10.9 Å². The predicted molar refractivity (Wildman–Crippen MR) is 88.7 cm³/mol. The first-order valence-corrected chi connectivity index (χ1v) is 7.42. The average Bonchev–Trinajstić information content (AvgIpc) is 2.63. The Morgan fingerprint density at radius 2 is 1.96 bits per heavy atom. The van der Waals surface area contributed by atoms with Crippen LogP contribution in [-0.4, -0.2) is 27.4 Å². The second-order valence-corrected chi connectivity index (χ2v) is 5.32. The highest BCUT2D eigenvalue weighted by Crippen LogP contribution is 2.12. The Hall–Kier alpha value is -3.17. The maximum absolute atomic E-state index is 12.3. The number of aliphatic hydroxyl groups is 1. The van der Waals surface area contributed by atoms with Gasteiger partial charge >= 0.3 is 0 Å². The molecule has 0 aliphatic carbocycles. The average molecular weight is 321 g/mol. The first-order valence-electron chi connectivity index (χ1n) is 7.42. The SMILES string of the molecule is N#Cc1ccc(OC[C@@H](O)Cn2cnc3ccccc3c2=O)cc1. The van der Waals surface area contributed by atoms with Crippen molar-refractivity contribution in [1.29, 1.82) is 5.26 Å². The smallest absolute Gasteiger partial charge is 0.261 e. The highest BCUT2D eigenvalue weighted by molar-refractivity contribution is 5.76. The first-order chi connectivity index (χ1) is 11.7. The van der Waals surface area contributed by atoms with Crippen molar-refractivity contribution < 1.29 is 9.84 Å². The number of hydrogen-bond acceptors (Lipinski definition) is 5. The Balaban J connectivity index is 1.66. The van der Waals surface area contributed by atoms with Gasteiger partial charge in [-0.2, -0.15) is 5.26 Å². The summed E-state index contributed by atoms with van der Waals surface area (Å²) in [5.41, 5.74) is 0.969. The van der Waals surface area contributed by atoms with Gasteiger partial charge in [-0.3, -0.25) is 9.36 Å². The minimum atomic E-state index is -0.860. The molecule has 6 heteroatoms. The molecule has 1 atom stereocenters. The minimum Gasteiger partial charge on any atom is -0.491 e. The van der Waals surface area contributed by atoms with E-state index < -0.39 is 6.10 Å².